The Kier molecular flexibility index (Phi) is 4.81. The summed E-state index contributed by atoms with van der Waals surface area (Å²) in [5.41, 5.74) is 1.98. The molecule has 0 atom stereocenters. The summed E-state index contributed by atoms with van der Waals surface area (Å²) in [6.45, 7) is 0. The Bertz CT molecular complexity index is 690. The van der Waals surface area contributed by atoms with E-state index >= 15 is 0 Å². The molecule has 4 nitrogen and oxygen atoms in total. The summed E-state index contributed by atoms with van der Waals surface area (Å²) in [6.07, 6.45) is 0.329. The van der Waals surface area contributed by atoms with E-state index < -0.39 is 0 Å². The Morgan fingerprint density at radius 3 is 2.57 bits per heavy atom. The number of carbonyl (C=O) groups is 1. The molecule has 0 saturated heterocycles. The van der Waals surface area contributed by atoms with Crippen LogP contribution in [0.15, 0.2) is 42.5 Å². The van der Waals surface area contributed by atoms with Crippen molar-refractivity contribution in [1.29, 1.82) is 5.26 Å². The van der Waals surface area contributed by atoms with Gasteiger partial charge in [0.2, 0.25) is 0 Å². The minimum Gasteiger partial charge on any atom is -0.495 e. The van der Waals surface area contributed by atoms with Crippen molar-refractivity contribution in [3.63, 3.8) is 0 Å². The van der Waals surface area contributed by atoms with Gasteiger partial charge in [-0.05, 0) is 35.9 Å². The van der Waals surface area contributed by atoms with Crippen LogP contribution in [0.25, 0.3) is 0 Å². The number of halogens is 1. The molecule has 21 heavy (non-hydrogen) atoms. The molecule has 0 heterocycles. The van der Waals surface area contributed by atoms with Crippen LogP contribution in [0.3, 0.4) is 0 Å². The largest absolute Gasteiger partial charge is 0.495 e. The molecule has 0 radical (unpaired) electrons. The predicted octanol–water partition coefficient (Wildman–Crippen LogP) is 3.67. The summed E-state index contributed by atoms with van der Waals surface area (Å²) in [4.78, 5) is 12.1. The molecule has 2 rings (SSSR count). The number of carbonyl (C=O) groups excluding carboxylic acids is 1. The number of nitrogens with one attached hydrogen (secondary N) is 1. The van der Waals surface area contributed by atoms with E-state index in [1.165, 1.54) is 7.11 Å². The summed E-state index contributed by atoms with van der Waals surface area (Å²) in [5.74, 6) is 0.315. The number of hydrogen-bond acceptors (Lipinski definition) is 3. The molecule has 2 aromatic rings. The standard InChI is InChI=1S/C16H13ClN2O2/c1-21-15-7-6-13(10-14(15)17)19-16(20)12-4-2-11(3-5-12)8-9-18/h2-7,10H,8H2,1H3,(H,19,20). The molecule has 5 heteroatoms. The molecular formula is C16H13ClN2O2. The van der Waals surface area contributed by atoms with E-state index in [-0.39, 0.29) is 5.91 Å². The molecule has 0 aliphatic rings. The molecule has 0 unspecified atom stereocenters. The van der Waals surface area contributed by atoms with Gasteiger partial charge in [-0.25, -0.2) is 0 Å². The third-order valence-electron chi connectivity index (χ3n) is 2.91. The SMILES string of the molecule is COc1ccc(NC(=O)c2ccc(CC#N)cc2)cc1Cl. The molecule has 0 bridgehead atoms. The van der Waals surface area contributed by atoms with Gasteiger partial charge in [-0.2, -0.15) is 5.26 Å². The summed E-state index contributed by atoms with van der Waals surface area (Å²) in [5, 5.41) is 11.8. The fourth-order valence-electron chi connectivity index (χ4n) is 1.81. The summed E-state index contributed by atoms with van der Waals surface area (Å²) >= 11 is 6.01. The Balaban J connectivity index is 2.10. The Hall–Kier alpha value is -2.51. The van der Waals surface area contributed by atoms with E-state index in [0.717, 1.165) is 5.56 Å². The van der Waals surface area contributed by atoms with Crippen LogP contribution in [0, 0.1) is 11.3 Å². The van der Waals surface area contributed by atoms with E-state index in [1.54, 1.807) is 42.5 Å². The van der Waals surface area contributed by atoms with Gasteiger partial charge < -0.3 is 10.1 Å². The molecule has 1 N–H and O–H groups in total. The summed E-state index contributed by atoms with van der Waals surface area (Å²) in [7, 11) is 1.53. The van der Waals surface area contributed by atoms with Crippen molar-refractivity contribution in [1.82, 2.24) is 0 Å². The van der Waals surface area contributed by atoms with Crippen molar-refractivity contribution >= 4 is 23.2 Å². The zero-order chi connectivity index (χ0) is 15.2. The van der Waals surface area contributed by atoms with Gasteiger partial charge in [0.25, 0.3) is 5.91 Å². The fraction of sp³-hybridized carbons (Fsp3) is 0.125. The van der Waals surface area contributed by atoms with Crippen LogP contribution in [0.1, 0.15) is 15.9 Å². The highest BCUT2D eigenvalue weighted by molar-refractivity contribution is 6.32. The minimum atomic E-state index is -0.236. The van der Waals surface area contributed by atoms with E-state index in [2.05, 4.69) is 11.4 Å². The minimum absolute atomic E-state index is 0.236. The second-order valence-electron chi connectivity index (χ2n) is 4.34. The average Bonchev–Trinajstić information content (AvgIpc) is 2.48. The molecule has 0 fully saturated rings. The number of anilines is 1. The van der Waals surface area contributed by atoms with Crippen molar-refractivity contribution < 1.29 is 9.53 Å². The number of nitriles is 1. The van der Waals surface area contributed by atoms with Gasteiger partial charge in [-0.1, -0.05) is 23.7 Å². The molecular weight excluding hydrogens is 288 g/mol. The summed E-state index contributed by atoms with van der Waals surface area (Å²) < 4.78 is 5.05. The first-order chi connectivity index (χ1) is 10.1. The van der Waals surface area contributed by atoms with Crippen molar-refractivity contribution in [2.75, 3.05) is 12.4 Å². The van der Waals surface area contributed by atoms with Crippen LogP contribution >= 0.6 is 11.6 Å². The van der Waals surface area contributed by atoms with Gasteiger partial charge in [0, 0.05) is 11.3 Å². The van der Waals surface area contributed by atoms with Crippen molar-refractivity contribution in [2.24, 2.45) is 0 Å². The number of ether oxygens (including phenoxy) is 1. The monoisotopic (exact) mass is 300 g/mol. The van der Waals surface area contributed by atoms with E-state index in [1.807, 2.05) is 0 Å². The van der Waals surface area contributed by atoms with Crippen molar-refractivity contribution in [2.45, 2.75) is 6.42 Å². The highest BCUT2D eigenvalue weighted by Gasteiger charge is 2.08. The number of benzene rings is 2. The van der Waals surface area contributed by atoms with Gasteiger partial charge in [0.1, 0.15) is 5.75 Å². The van der Waals surface area contributed by atoms with Gasteiger partial charge in [0.05, 0.1) is 24.6 Å². The molecule has 0 aliphatic heterocycles. The molecule has 0 spiro atoms. The quantitative estimate of drug-likeness (QED) is 0.937. The predicted molar refractivity (Wildman–Crippen MR) is 81.7 cm³/mol. The Labute approximate surface area is 127 Å². The van der Waals surface area contributed by atoms with Gasteiger partial charge in [-0.3, -0.25) is 4.79 Å². The zero-order valence-electron chi connectivity index (χ0n) is 11.4. The normalized spacial score (nSPS) is 9.76. The molecule has 0 aliphatic carbocycles. The van der Waals surface area contributed by atoms with Crippen LogP contribution in [-0.4, -0.2) is 13.0 Å². The maximum atomic E-state index is 12.1. The molecule has 1 amide bonds. The van der Waals surface area contributed by atoms with Crippen molar-refractivity contribution in [3.8, 4) is 11.8 Å². The van der Waals surface area contributed by atoms with Crippen LogP contribution in [0.2, 0.25) is 5.02 Å². The first-order valence-electron chi connectivity index (χ1n) is 6.25. The van der Waals surface area contributed by atoms with Gasteiger partial charge in [0.15, 0.2) is 0 Å². The third kappa shape index (κ3) is 3.74. The number of rotatable bonds is 4. The molecule has 0 saturated carbocycles. The highest BCUT2D eigenvalue weighted by Crippen LogP contribution is 2.27. The van der Waals surface area contributed by atoms with Gasteiger partial charge in [-0.15, -0.1) is 0 Å². The van der Waals surface area contributed by atoms with E-state index in [0.29, 0.717) is 28.4 Å². The van der Waals surface area contributed by atoms with Crippen LogP contribution < -0.4 is 10.1 Å². The lowest BCUT2D eigenvalue weighted by Crippen LogP contribution is -2.11. The lowest BCUT2D eigenvalue weighted by molar-refractivity contribution is 0.102. The lowest BCUT2D eigenvalue weighted by atomic mass is 10.1. The van der Waals surface area contributed by atoms with Gasteiger partial charge >= 0.3 is 0 Å². The summed E-state index contributed by atoms with van der Waals surface area (Å²) in [6, 6.07) is 14.0. The molecule has 0 aromatic heterocycles. The number of nitrogens with zero attached hydrogens (tertiary/aromatic N) is 1. The average molecular weight is 301 g/mol. The lowest BCUT2D eigenvalue weighted by Gasteiger charge is -2.08. The second kappa shape index (κ2) is 6.78. The highest BCUT2D eigenvalue weighted by atomic mass is 35.5. The van der Waals surface area contributed by atoms with Crippen LogP contribution in [-0.2, 0) is 6.42 Å². The smallest absolute Gasteiger partial charge is 0.255 e. The van der Waals surface area contributed by atoms with E-state index in [9.17, 15) is 4.79 Å². The molecule has 2 aromatic carbocycles. The first-order valence-corrected chi connectivity index (χ1v) is 6.62. The zero-order valence-corrected chi connectivity index (χ0v) is 12.1. The fourth-order valence-corrected chi connectivity index (χ4v) is 2.07. The topological polar surface area (TPSA) is 62.1 Å². The maximum Gasteiger partial charge on any atom is 0.255 e. The number of methoxy groups -OCH3 is 1. The second-order valence-corrected chi connectivity index (χ2v) is 4.74. The van der Waals surface area contributed by atoms with Crippen LogP contribution in [0.4, 0.5) is 5.69 Å². The maximum absolute atomic E-state index is 12.1. The Morgan fingerprint density at radius 1 is 1.29 bits per heavy atom. The third-order valence-corrected chi connectivity index (χ3v) is 3.20. The first kappa shape index (κ1) is 14.9. The Morgan fingerprint density at radius 2 is 2.00 bits per heavy atom. The van der Waals surface area contributed by atoms with Crippen molar-refractivity contribution in [3.05, 3.63) is 58.6 Å². The number of hydrogen-bond donors (Lipinski definition) is 1. The van der Waals surface area contributed by atoms with E-state index in [4.69, 9.17) is 21.6 Å². The number of amides is 1. The van der Waals surface area contributed by atoms with Crippen LogP contribution in [0.5, 0.6) is 5.75 Å². The molecule has 106 valence electrons.